The van der Waals surface area contributed by atoms with Gasteiger partial charge in [0.2, 0.25) is 0 Å². The summed E-state index contributed by atoms with van der Waals surface area (Å²) in [5.41, 5.74) is 1.36. The minimum Gasteiger partial charge on any atom is -0.508 e. The number of urea groups is 1. The first-order valence-corrected chi connectivity index (χ1v) is 12.1. The van der Waals surface area contributed by atoms with Crippen molar-refractivity contribution in [3.63, 3.8) is 0 Å². The smallest absolute Gasteiger partial charge is 0.417 e. The maximum Gasteiger partial charge on any atom is 0.417 e. The highest BCUT2D eigenvalue weighted by molar-refractivity contribution is 5.68. The molecule has 3 amide bonds. The minimum atomic E-state index is -0.503. The van der Waals surface area contributed by atoms with Crippen molar-refractivity contribution in [1.29, 1.82) is 0 Å². The van der Waals surface area contributed by atoms with Crippen LogP contribution in [-0.4, -0.2) is 52.9 Å². The quantitative estimate of drug-likeness (QED) is 0.489. The van der Waals surface area contributed by atoms with Gasteiger partial charge in [-0.1, -0.05) is 48.5 Å². The first kappa shape index (κ1) is 25.6. The van der Waals surface area contributed by atoms with E-state index in [0.29, 0.717) is 23.9 Å². The molecule has 0 spiro atoms. The molecule has 0 aromatic heterocycles. The van der Waals surface area contributed by atoms with E-state index in [-0.39, 0.29) is 30.0 Å². The van der Waals surface area contributed by atoms with Gasteiger partial charge < -0.3 is 20.5 Å². The van der Waals surface area contributed by atoms with Crippen LogP contribution in [0.2, 0.25) is 0 Å². The Morgan fingerprint density at radius 3 is 2.32 bits per heavy atom. The molecule has 0 aliphatic carbocycles. The van der Waals surface area contributed by atoms with Gasteiger partial charge in [0.1, 0.15) is 12.4 Å². The summed E-state index contributed by atoms with van der Waals surface area (Å²) in [5, 5.41) is 16.4. The lowest BCUT2D eigenvalue weighted by Crippen LogP contribution is -2.60. The van der Waals surface area contributed by atoms with E-state index >= 15 is 0 Å². The van der Waals surface area contributed by atoms with Crippen molar-refractivity contribution in [1.82, 2.24) is 10.6 Å². The van der Waals surface area contributed by atoms with Gasteiger partial charge in [-0.05, 0) is 44.4 Å². The number of amides is 3. The number of alkyl carbamates (subject to hydrolysis) is 1. The molecule has 184 valence electrons. The van der Waals surface area contributed by atoms with Gasteiger partial charge >= 0.3 is 12.1 Å². The van der Waals surface area contributed by atoms with E-state index in [4.69, 9.17) is 4.74 Å². The number of carbonyl (C=O) groups is 2. The van der Waals surface area contributed by atoms with E-state index in [2.05, 4.69) is 10.6 Å². The Hall–Kier alpha value is -3.06. The second-order valence-corrected chi connectivity index (χ2v) is 10.2. The maximum absolute atomic E-state index is 13.2. The second-order valence-electron chi connectivity index (χ2n) is 10.2. The molecular weight excluding hydrogens is 430 g/mol. The highest BCUT2D eigenvalue weighted by Crippen LogP contribution is 2.24. The Balaban J connectivity index is 1.69. The van der Waals surface area contributed by atoms with Gasteiger partial charge in [0.15, 0.2) is 0 Å². The summed E-state index contributed by atoms with van der Waals surface area (Å²) in [4.78, 5) is 25.8. The average molecular weight is 469 g/mol. The number of hydrogen-bond donors (Lipinski definition) is 3. The van der Waals surface area contributed by atoms with Crippen LogP contribution in [0.25, 0.3) is 0 Å². The number of benzene rings is 2. The molecule has 3 rings (SSSR count). The molecule has 1 atom stereocenters. The number of rotatable bonds is 8. The number of carbonyl (C=O) groups excluding carboxylic acids is 2. The molecule has 0 bridgehead atoms. The zero-order chi connectivity index (χ0) is 24.6. The lowest BCUT2D eigenvalue weighted by molar-refractivity contribution is -0.838. The Kier molecular flexibility index (Phi) is 8.56. The van der Waals surface area contributed by atoms with E-state index < -0.39 is 6.09 Å². The number of nitrogens with one attached hydrogen (secondary N) is 2. The van der Waals surface area contributed by atoms with Crippen molar-refractivity contribution < 1.29 is 23.9 Å². The summed E-state index contributed by atoms with van der Waals surface area (Å²) in [6.45, 7) is 8.35. The minimum absolute atomic E-state index is 0.0398. The number of quaternary nitrogens is 1. The molecule has 7 nitrogen and oxygen atoms in total. The molecule has 0 saturated carbocycles. The highest BCUT2D eigenvalue weighted by Gasteiger charge is 2.41. The Morgan fingerprint density at radius 1 is 1.03 bits per heavy atom. The van der Waals surface area contributed by atoms with Gasteiger partial charge in [-0.25, -0.2) is 14.1 Å². The number of likely N-dealkylation sites (tertiary alicyclic amines) is 1. The van der Waals surface area contributed by atoms with Crippen LogP contribution < -0.4 is 10.6 Å². The summed E-state index contributed by atoms with van der Waals surface area (Å²) in [7, 11) is 0. The van der Waals surface area contributed by atoms with Gasteiger partial charge in [0.05, 0.1) is 19.6 Å². The first-order valence-electron chi connectivity index (χ1n) is 12.1. The summed E-state index contributed by atoms with van der Waals surface area (Å²) in [6.07, 6.45) is 2.56. The SMILES string of the molecule is CC(C)(C)NC(=O)[N+]1(CCC(Cc2ccccc2O)NC(=O)OCc2ccccc2)CCCC1. The normalized spacial score (nSPS) is 16.0. The maximum atomic E-state index is 13.2. The lowest BCUT2D eigenvalue weighted by Gasteiger charge is -2.35. The van der Waals surface area contributed by atoms with Crippen LogP contribution in [0.15, 0.2) is 54.6 Å². The number of aromatic hydroxyl groups is 1. The van der Waals surface area contributed by atoms with Crippen LogP contribution in [0.1, 0.15) is 51.2 Å². The van der Waals surface area contributed by atoms with E-state index in [1.165, 1.54) is 0 Å². The van der Waals surface area contributed by atoms with E-state index in [1.54, 1.807) is 12.1 Å². The molecule has 1 aliphatic heterocycles. The zero-order valence-electron chi connectivity index (χ0n) is 20.5. The molecule has 2 aromatic carbocycles. The van der Waals surface area contributed by atoms with Crippen LogP contribution in [0.4, 0.5) is 9.59 Å². The summed E-state index contributed by atoms with van der Waals surface area (Å²) in [6, 6.07) is 16.4. The van der Waals surface area contributed by atoms with Crippen LogP contribution in [0.3, 0.4) is 0 Å². The highest BCUT2D eigenvalue weighted by atomic mass is 16.5. The van der Waals surface area contributed by atoms with Crippen molar-refractivity contribution in [3.8, 4) is 5.75 Å². The Labute approximate surface area is 202 Å². The van der Waals surface area contributed by atoms with Crippen molar-refractivity contribution >= 4 is 12.1 Å². The van der Waals surface area contributed by atoms with Gasteiger partial charge in [0, 0.05) is 30.8 Å². The standard InChI is InChI=1S/C27H37N3O4/c1-27(2,3)29-25(32)30(16-9-10-17-30)18-15-23(19-22-13-7-8-14-24(22)31)28-26(33)34-20-21-11-5-4-6-12-21/h4-8,11-14,23H,9-10,15-20H2,1-3H3,(H2-,28,29,31,32,33)/p+1. The summed E-state index contributed by atoms with van der Waals surface area (Å²) < 4.78 is 5.81. The van der Waals surface area contributed by atoms with Crippen molar-refractivity contribution in [3.05, 3.63) is 65.7 Å². The molecule has 1 unspecified atom stereocenters. The number of hydrogen-bond acceptors (Lipinski definition) is 4. The van der Waals surface area contributed by atoms with Gasteiger partial charge in [-0.2, -0.15) is 0 Å². The van der Waals surface area contributed by atoms with Gasteiger partial charge in [-0.3, -0.25) is 0 Å². The number of ether oxygens (including phenoxy) is 1. The Morgan fingerprint density at radius 2 is 1.68 bits per heavy atom. The molecule has 1 fully saturated rings. The molecule has 1 saturated heterocycles. The van der Waals surface area contributed by atoms with Crippen molar-refractivity contribution in [2.45, 2.75) is 64.6 Å². The molecule has 3 N–H and O–H groups in total. The van der Waals surface area contributed by atoms with E-state index in [0.717, 1.165) is 37.1 Å². The topological polar surface area (TPSA) is 87.7 Å². The van der Waals surface area contributed by atoms with Crippen LogP contribution in [-0.2, 0) is 17.8 Å². The summed E-state index contributed by atoms with van der Waals surface area (Å²) in [5.74, 6) is 0.197. The van der Waals surface area contributed by atoms with E-state index in [9.17, 15) is 14.7 Å². The monoisotopic (exact) mass is 468 g/mol. The van der Waals surface area contributed by atoms with Crippen LogP contribution in [0.5, 0.6) is 5.75 Å². The number of para-hydroxylation sites is 1. The third-order valence-electron chi connectivity index (χ3n) is 6.23. The van der Waals surface area contributed by atoms with Gasteiger partial charge in [0.25, 0.3) is 0 Å². The first-order chi connectivity index (χ1) is 16.2. The molecule has 2 aromatic rings. The molecule has 0 radical (unpaired) electrons. The number of phenols is 1. The van der Waals surface area contributed by atoms with E-state index in [1.807, 2.05) is 63.2 Å². The predicted molar refractivity (Wildman–Crippen MR) is 132 cm³/mol. The fourth-order valence-corrected chi connectivity index (χ4v) is 4.42. The van der Waals surface area contributed by atoms with Crippen LogP contribution >= 0.6 is 0 Å². The number of phenolic OH excluding ortho intramolecular Hbond substituents is 1. The van der Waals surface area contributed by atoms with Crippen LogP contribution in [0, 0.1) is 0 Å². The third-order valence-corrected chi connectivity index (χ3v) is 6.23. The Bertz CT molecular complexity index is 950. The zero-order valence-corrected chi connectivity index (χ0v) is 20.5. The fraction of sp³-hybridized carbons (Fsp3) is 0.481. The summed E-state index contributed by atoms with van der Waals surface area (Å²) >= 11 is 0. The molecular formula is C27H38N3O4+. The van der Waals surface area contributed by atoms with Crippen molar-refractivity contribution in [2.75, 3.05) is 19.6 Å². The lowest BCUT2D eigenvalue weighted by atomic mass is 10.0. The fourth-order valence-electron chi connectivity index (χ4n) is 4.42. The third kappa shape index (κ3) is 7.48. The predicted octanol–water partition coefficient (Wildman–Crippen LogP) is 4.74. The number of nitrogens with zero attached hydrogens (tertiary/aromatic N) is 1. The average Bonchev–Trinajstić information content (AvgIpc) is 3.28. The van der Waals surface area contributed by atoms with Crippen molar-refractivity contribution in [2.24, 2.45) is 0 Å². The molecule has 1 aliphatic rings. The molecule has 1 heterocycles. The molecule has 7 heteroatoms. The molecule has 34 heavy (non-hydrogen) atoms. The second kappa shape index (κ2) is 11.4. The van der Waals surface area contributed by atoms with Gasteiger partial charge in [-0.15, -0.1) is 0 Å². The largest absolute Gasteiger partial charge is 0.508 e.